The van der Waals surface area contributed by atoms with Crippen LogP contribution in [0.15, 0.2) is 0 Å². The first-order chi connectivity index (χ1) is 7.72. The SMILES string of the molecule is COCC1CCN(CC2(N)CCOC2)CC1. The van der Waals surface area contributed by atoms with Crippen molar-refractivity contribution in [3.63, 3.8) is 0 Å². The summed E-state index contributed by atoms with van der Waals surface area (Å²) in [4.78, 5) is 2.49. The second kappa shape index (κ2) is 5.45. The van der Waals surface area contributed by atoms with Crippen LogP contribution in [0, 0.1) is 5.92 Å². The van der Waals surface area contributed by atoms with Gasteiger partial charge in [-0.1, -0.05) is 0 Å². The summed E-state index contributed by atoms with van der Waals surface area (Å²) >= 11 is 0. The molecular formula is C12H24N2O2. The summed E-state index contributed by atoms with van der Waals surface area (Å²) in [7, 11) is 1.79. The summed E-state index contributed by atoms with van der Waals surface area (Å²) in [6, 6.07) is 0. The number of nitrogens with two attached hydrogens (primary N) is 1. The summed E-state index contributed by atoms with van der Waals surface area (Å²) in [5, 5.41) is 0. The van der Waals surface area contributed by atoms with Gasteiger partial charge in [0.1, 0.15) is 0 Å². The van der Waals surface area contributed by atoms with Crippen molar-refractivity contribution < 1.29 is 9.47 Å². The molecule has 0 aromatic rings. The molecule has 1 unspecified atom stereocenters. The van der Waals surface area contributed by atoms with E-state index < -0.39 is 0 Å². The van der Waals surface area contributed by atoms with Gasteiger partial charge in [-0.2, -0.15) is 0 Å². The quantitative estimate of drug-likeness (QED) is 0.759. The van der Waals surface area contributed by atoms with E-state index >= 15 is 0 Å². The fourth-order valence-electron chi connectivity index (χ4n) is 2.74. The predicted molar refractivity (Wildman–Crippen MR) is 63.4 cm³/mol. The smallest absolute Gasteiger partial charge is 0.0659 e. The first-order valence-electron chi connectivity index (χ1n) is 6.30. The van der Waals surface area contributed by atoms with Crippen LogP contribution in [0.25, 0.3) is 0 Å². The first-order valence-corrected chi connectivity index (χ1v) is 6.30. The molecule has 0 amide bonds. The van der Waals surface area contributed by atoms with Crippen molar-refractivity contribution in [1.82, 2.24) is 4.90 Å². The van der Waals surface area contributed by atoms with Crippen LogP contribution in [0.2, 0.25) is 0 Å². The molecule has 94 valence electrons. The monoisotopic (exact) mass is 228 g/mol. The van der Waals surface area contributed by atoms with Crippen LogP contribution in [-0.2, 0) is 9.47 Å². The Morgan fingerprint density at radius 2 is 2.19 bits per heavy atom. The second-order valence-corrected chi connectivity index (χ2v) is 5.34. The van der Waals surface area contributed by atoms with E-state index in [1.807, 2.05) is 0 Å². The summed E-state index contributed by atoms with van der Waals surface area (Å²) in [5.74, 6) is 0.745. The number of nitrogens with zero attached hydrogens (tertiary/aromatic N) is 1. The lowest BCUT2D eigenvalue weighted by Gasteiger charge is -2.36. The van der Waals surface area contributed by atoms with Gasteiger partial charge in [0.05, 0.1) is 12.1 Å². The van der Waals surface area contributed by atoms with Gasteiger partial charge >= 0.3 is 0 Å². The number of methoxy groups -OCH3 is 1. The molecule has 2 saturated heterocycles. The van der Waals surface area contributed by atoms with Crippen LogP contribution < -0.4 is 5.73 Å². The third-order valence-corrected chi connectivity index (χ3v) is 3.78. The molecular weight excluding hydrogens is 204 g/mol. The average Bonchev–Trinajstić information content (AvgIpc) is 2.68. The third-order valence-electron chi connectivity index (χ3n) is 3.78. The Kier molecular flexibility index (Phi) is 4.19. The Morgan fingerprint density at radius 1 is 1.44 bits per heavy atom. The zero-order chi connectivity index (χ0) is 11.4. The Bertz CT molecular complexity index is 209. The fourth-order valence-corrected chi connectivity index (χ4v) is 2.74. The largest absolute Gasteiger partial charge is 0.384 e. The van der Waals surface area contributed by atoms with Gasteiger partial charge in [-0.25, -0.2) is 0 Å². The van der Waals surface area contributed by atoms with Crippen LogP contribution in [0.4, 0.5) is 0 Å². The van der Waals surface area contributed by atoms with E-state index in [0.717, 1.165) is 51.8 Å². The van der Waals surface area contributed by atoms with E-state index in [1.165, 1.54) is 12.8 Å². The maximum Gasteiger partial charge on any atom is 0.0659 e. The molecule has 2 N–H and O–H groups in total. The first kappa shape index (κ1) is 12.3. The predicted octanol–water partition coefficient (Wildman–Crippen LogP) is 0.463. The number of hydrogen-bond donors (Lipinski definition) is 1. The molecule has 2 fully saturated rings. The standard InChI is InChI=1S/C12H24N2O2/c1-15-8-11-2-5-14(6-3-11)9-12(13)4-7-16-10-12/h11H,2-10,13H2,1H3. The van der Waals surface area contributed by atoms with Crippen molar-refractivity contribution in [1.29, 1.82) is 0 Å². The lowest BCUT2D eigenvalue weighted by atomic mass is 9.94. The van der Waals surface area contributed by atoms with Crippen molar-refractivity contribution >= 4 is 0 Å². The molecule has 16 heavy (non-hydrogen) atoms. The van der Waals surface area contributed by atoms with Gasteiger partial charge in [0.25, 0.3) is 0 Å². The molecule has 4 heteroatoms. The van der Waals surface area contributed by atoms with Gasteiger partial charge in [-0.15, -0.1) is 0 Å². The minimum Gasteiger partial charge on any atom is -0.384 e. The molecule has 1 atom stereocenters. The van der Waals surface area contributed by atoms with Crippen LogP contribution in [0.3, 0.4) is 0 Å². The van der Waals surface area contributed by atoms with Crippen molar-refractivity contribution in [2.75, 3.05) is 46.6 Å². The molecule has 4 nitrogen and oxygen atoms in total. The molecule has 0 saturated carbocycles. The number of piperidine rings is 1. The summed E-state index contributed by atoms with van der Waals surface area (Å²) < 4.78 is 10.6. The Labute approximate surface area is 98.1 Å². The molecule has 2 aliphatic rings. The maximum absolute atomic E-state index is 6.29. The van der Waals surface area contributed by atoms with Crippen molar-refractivity contribution in [3.8, 4) is 0 Å². The lowest BCUT2D eigenvalue weighted by molar-refractivity contribution is 0.0850. The minimum absolute atomic E-state index is 0.0892. The van der Waals surface area contributed by atoms with E-state index in [9.17, 15) is 0 Å². The lowest BCUT2D eigenvalue weighted by Crippen LogP contribution is -2.52. The zero-order valence-electron chi connectivity index (χ0n) is 10.3. The number of hydrogen-bond acceptors (Lipinski definition) is 4. The second-order valence-electron chi connectivity index (χ2n) is 5.34. The van der Waals surface area contributed by atoms with Crippen LogP contribution >= 0.6 is 0 Å². The highest BCUT2D eigenvalue weighted by Gasteiger charge is 2.33. The number of ether oxygens (including phenoxy) is 2. The van der Waals surface area contributed by atoms with Gasteiger partial charge in [0.2, 0.25) is 0 Å². The van der Waals surface area contributed by atoms with Gasteiger partial charge in [0, 0.05) is 26.9 Å². The van der Waals surface area contributed by atoms with Crippen molar-refractivity contribution in [2.24, 2.45) is 11.7 Å². The van der Waals surface area contributed by atoms with E-state index in [0.29, 0.717) is 0 Å². The molecule has 2 heterocycles. The summed E-state index contributed by atoms with van der Waals surface area (Å²) in [6.07, 6.45) is 3.49. The molecule has 0 aromatic carbocycles. The molecule has 0 aromatic heterocycles. The summed E-state index contributed by atoms with van der Waals surface area (Å²) in [5.41, 5.74) is 6.20. The highest BCUT2D eigenvalue weighted by Crippen LogP contribution is 2.22. The summed E-state index contributed by atoms with van der Waals surface area (Å²) in [6.45, 7) is 5.78. The van der Waals surface area contributed by atoms with Crippen LogP contribution in [-0.4, -0.2) is 57.0 Å². The van der Waals surface area contributed by atoms with Crippen LogP contribution in [0.1, 0.15) is 19.3 Å². The van der Waals surface area contributed by atoms with E-state index in [4.69, 9.17) is 15.2 Å². The molecule has 0 aliphatic carbocycles. The van der Waals surface area contributed by atoms with E-state index in [1.54, 1.807) is 7.11 Å². The topological polar surface area (TPSA) is 47.7 Å². The molecule has 2 rings (SSSR count). The minimum atomic E-state index is -0.0892. The highest BCUT2D eigenvalue weighted by atomic mass is 16.5. The van der Waals surface area contributed by atoms with Gasteiger partial charge in [0.15, 0.2) is 0 Å². The van der Waals surface area contributed by atoms with Gasteiger partial charge in [-0.3, -0.25) is 0 Å². The van der Waals surface area contributed by atoms with Crippen LogP contribution in [0.5, 0.6) is 0 Å². The average molecular weight is 228 g/mol. The van der Waals surface area contributed by atoms with Crippen molar-refractivity contribution in [3.05, 3.63) is 0 Å². The Morgan fingerprint density at radius 3 is 2.75 bits per heavy atom. The normalized spacial score (nSPS) is 33.4. The molecule has 0 radical (unpaired) electrons. The van der Waals surface area contributed by atoms with Gasteiger partial charge in [-0.05, 0) is 38.3 Å². The maximum atomic E-state index is 6.29. The Hall–Kier alpha value is -0.160. The van der Waals surface area contributed by atoms with Crippen molar-refractivity contribution in [2.45, 2.75) is 24.8 Å². The Balaban J connectivity index is 1.72. The highest BCUT2D eigenvalue weighted by molar-refractivity contribution is 4.92. The fraction of sp³-hybridized carbons (Fsp3) is 1.00. The van der Waals surface area contributed by atoms with E-state index in [2.05, 4.69) is 4.90 Å². The molecule has 2 aliphatic heterocycles. The molecule has 0 bridgehead atoms. The number of rotatable bonds is 4. The zero-order valence-corrected chi connectivity index (χ0v) is 10.3. The third kappa shape index (κ3) is 3.17. The number of likely N-dealkylation sites (tertiary alicyclic amines) is 1. The van der Waals surface area contributed by atoms with Gasteiger partial charge < -0.3 is 20.1 Å². The molecule has 0 spiro atoms. The van der Waals surface area contributed by atoms with E-state index in [-0.39, 0.29) is 5.54 Å².